The fourth-order valence-corrected chi connectivity index (χ4v) is 2.46. The summed E-state index contributed by atoms with van der Waals surface area (Å²) in [6.07, 6.45) is 0.595. The third-order valence-corrected chi connectivity index (χ3v) is 3.75. The van der Waals surface area contributed by atoms with E-state index in [2.05, 4.69) is 31.0 Å². The smallest absolute Gasteiger partial charge is 0.140 e. The maximum atomic E-state index is 11.6. The summed E-state index contributed by atoms with van der Waals surface area (Å²) in [5, 5.41) is 0. The van der Waals surface area contributed by atoms with Crippen molar-refractivity contribution in [1.29, 1.82) is 0 Å². The van der Waals surface area contributed by atoms with Gasteiger partial charge in [0.1, 0.15) is 5.78 Å². The zero-order valence-corrected chi connectivity index (χ0v) is 11.4. The molecule has 16 heavy (non-hydrogen) atoms. The van der Waals surface area contributed by atoms with Crippen molar-refractivity contribution in [2.24, 2.45) is 5.92 Å². The van der Waals surface area contributed by atoms with Gasteiger partial charge < -0.3 is 4.90 Å². The molecule has 0 aliphatic carbocycles. The molecule has 0 spiro atoms. The van der Waals surface area contributed by atoms with Crippen LogP contribution < -0.4 is 0 Å². The van der Waals surface area contributed by atoms with Crippen molar-refractivity contribution in [2.45, 2.75) is 33.7 Å². The maximum absolute atomic E-state index is 11.6. The van der Waals surface area contributed by atoms with Crippen LogP contribution in [0.4, 0.5) is 0 Å². The maximum Gasteiger partial charge on any atom is 0.140 e. The summed E-state index contributed by atoms with van der Waals surface area (Å²) in [7, 11) is 2.11. The summed E-state index contributed by atoms with van der Waals surface area (Å²) in [6, 6.07) is 4.23. The van der Waals surface area contributed by atoms with Crippen LogP contribution in [-0.4, -0.2) is 24.3 Å². The van der Waals surface area contributed by atoms with Crippen LogP contribution in [0.1, 0.15) is 30.5 Å². The largest absolute Gasteiger partial charge is 0.302 e. The number of hydrogen-bond acceptors (Lipinski definition) is 3. The molecule has 0 N–H and O–H groups in total. The molecule has 1 aromatic heterocycles. The van der Waals surface area contributed by atoms with E-state index in [1.54, 1.807) is 11.3 Å². The van der Waals surface area contributed by atoms with Gasteiger partial charge in [-0.25, -0.2) is 0 Å². The molecule has 0 fully saturated rings. The second-order valence-corrected chi connectivity index (χ2v) is 5.75. The van der Waals surface area contributed by atoms with Gasteiger partial charge in [0.25, 0.3) is 0 Å². The quantitative estimate of drug-likeness (QED) is 0.760. The van der Waals surface area contributed by atoms with Gasteiger partial charge in [-0.05, 0) is 25.7 Å². The molecule has 0 aliphatic heterocycles. The Morgan fingerprint density at radius 1 is 1.38 bits per heavy atom. The predicted octanol–water partition coefficient (Wildman–Crippen LogP) is 2.97. The molecule has 0 saturated heterocycles. The van der Waals surface area contributed by atoms with Crippen LogP contribution in [0.25, 0.3) is 0 Å². The van der Waals surface area contributed by atoms with E-state index in [-0.39, 0.29) is 5.92 Å². The zero-order chi connectivity index (χ0) is 12.1. The molecule has 2 nitrogen and oxygen atoms in total. The Hall–Kier alpha value is -0.670. The number of rotatable bonds is 6. The normalized spacial score (nSPS) is 11.4. The van der Waals surface area contributed by atoms with Gasteiger partial charge in [0, 0.05) is 28.6 Å². The third-order valence-electron chi connectivity index (χ3n) is 2.68. The van der Waals surface area contributed by atoms with Gasteiger partial charge in [0.15, 0.2) is 0 Å². The number of thiophene rings is 1. The Morgan fingerprint density at radius 3 is 2.56 bits per heavy atom. The number of Topliss-reactive ketones (excluding diaryl/α,β-unsaturated/α-hetero) is 1. The highest BCUT2D eigenvalue weighted by Crippen LogP contribution is 2.19. The molecule has 0 unspecified atom stereocenters. The van der Waals surface area contributed by atoms with Crippen LogP contribution in [0.5, 0.6) is 0 Å². The lowest BCUT2D eigenvalue weighted by Gasteiger charge is -2.11. The van der Waals surface area contributed by atoms with Crippen LogP contribution >= 0.6 is 11.3 Å². The molecule has 1 heterocycles. The van der Waals surface area contributed by atoms with Crippen molar-refractivity contribution >= 4 is 17.1 Å². The van der Waals surface area contributed by atoms with E-state index in [9.17, 15) is 4.79 Å². The first-order valence-electron chi connectivity index (χ1n) is 5.81. The number of hydrogen-bond donors (Lipinski definition) is 0. The fraction of sp³-hybridized carbons (Fsp3) is 0.615. The Balaban J connectivity index is 2.54. The third kappa shape index (κ3) is 4.06. The summed E-state index contributed by atoms with van der Waals surface area (Å²) in [6.45, 7) is 8.11. The van der Waals surface area contributed by atoms with Gasteiger partial charge in [-0.1, -0.05) is 20.8 Å². The van der Waals surface area contributed by atoms with Gasteiger partial charge in [-0.2, -0.15) is 0 Å². The predicted molar refractivity (Wildman–Crippen MR) is 69.9 cm³/mol. The molecule has 0 amide bonds. The van der Waals surface area contributed by atoms with E-state index in [0.717, 1.165) is 13.1 Å². The van der Waals surface area contributed by atoms with Crippen molar-refractivity contribution in [3.8, 4) is 0 Å². The second kappa shape index (κ2) is 6.16. The number of carbonyl (C=O) groups is 1. The van der Waals surface area contributed by atoms with Crippen molar-refractivity contribution in [1.82, 2.24) is 4.90 Å². The van der Waals surface area contributed by atoms with Gasteiger partial charge in [-0.3, -0.25) is 4.79 Å². The fourth-order valence-electron chi connectivity index (χ4n) is 1.36. The van der Waals surface area contributed by atoms with E-state index < -0.39 is 0 Å². The Labute approximate surface area is 102 Å². The summed E-state index contributed by atoms with van der Waals surface area (Å²) in [5.74, 6) is 0.473. The van der Waals surface area contributed by atoms with Crippen LogP contribution in [0.15, 0.2) is 12.1 Å². The first-order chi connectivity index (χ1) is 7.52. The van der Waals surface area contributed by atoms with Gasteiger partial charge in [0.05, 0.1) is 0 Å². The lowest BCUT2D eigenvalue weighted by Crippen LogP contribution is -2.15. The molecule has 1 aromatic rings. The number of nitrogens with zero attached hydrogens (tertiary/aromatic N) is 1. The topological polar surface area (TPSA) is 20.3 Å². The average molecular weight is 239 g/mol. The highest BCUT2D eigenvalue weighted by atomic mass is 32.1. The molecule has 3 heteroatoms. The van der Waals surface area contributed by atoms with E-state index in [0.29, 0.717) is 12.2 Å². The summed E-state index contributed by atoms with van der Waals surface area (Å²) in [4.78, 5) is 16.4. The first kappa shape index (κ1) is 13.4. The summed E-state index contributed by atoms with van der Waals surface area (Å²) < 4.78 is 0. The highest BCUT2D eigenvalue weighted by molar-refractivity contribution is 7.12. The van der Waals surface area contributed by atoms with E-state index in [1.165, 1.54) is 9.75 Å². The minimum atomic E-state index is 0.142. The molecule has 0 radical (unpaired) electrons. The van der Waals surface area contributed by atoms with Crippen LogP contribution in [-0.2, 0) is 17.8 Å². The van der Waals surface area contributed by atoms with E-state index in [4.69, 9.17) is 0 Å². The SMILES string of the molecule is CCN(C)Cc1ccc(CC(=O)C(C)C)s1. The number of ketones is 1. The monoisotopic (exact) mass is 239 g/mol. The highest BCUT2D eigenvalue weighted by Gasteiger charge is 2.10. The summed E-state index contributed by atoms with van der Waals surface area (Å²) >= 11 is 1.76. The molecule has 1 rings (SSSR count). The zero-order valence-electron chi connectivity index (χ0n) is 10.6. The van der Waals surface area contributed by atoms with Crippen LogP contribution in [0.2, 0.25) is 0 Å². The Kier molecular flexibility index (Phi) is 5.16. The average Bonchev–Trinajstić information content (AvgIpc) is 2.65. The van der Waals surface area contributed by atoms with Gasteiger partial charge in [-0.15, -0.1) is 11.3 Å². The lowest BCUT2D eigenvalue weighted by atomic mass is 10.1. The minimum absolute atomic E-state index is 0.142. The van der Waals surface area contributed by atoms with Gasteiger partial charge in [0.2, 0.25) is 0 Å². The first-order valence-corrected chi connectivity index (χ1v) is 6.63. The minimum Gasteiger partial charge on any atom is -0.302 e. The van der Waals surface area contributed by atoms with Crippen molar-refractivity contribution in [2.75, 3.05) is 13.6 Å². The van der Waals surface area contributed by atoms with Crippen molar-refractivity contribution in [3.05, 3.63) is 21.9 Å². The molecule has 0 bridgehead atoms. The Morgan fingerprint density at radius 2 is 2.00 bits per heavy atom. The molecule has 0 saturated carbocycles. The lowest BCUT2D eigenvalue weighted by molar-refractivity contribution is -0.121. The van der Waals surface area contributed by atoms with Crippen molar-refractivity contribution < 1.29 is 4.79 Å². The molecule has 0 atom stereocenters. The van der Waals surface area contributed by atoms with Crippen molar-refractivity contribution in [3.63, 3.8) is 0 Å². The van der Waals surface area contributed by atoms with E-state index >= 15 is 0 Å². The molecule has 0 aromatic carbocycles. The van der Waals surface area contributed by atoms with Crippen LogP contribution in [0.3, 0.4) is 0 Å². The summed E-state index contributed by atoms with van der Waals surface area (Å²) in [5.41, 5.74) is 0. The number of carbonyl (C=O) groups excluding carboxylic acids is 1. The van der Waals surface area contributed by atoms with Crippen LogP contribution in [0, 0.1) is 5.92 Å². The second-order valence-electron chi connectivity index (χ2n) is 4.50. The van der Waals surface area contributed by atoms with Gasteiger partial charge >= 0.3 is 0 Å². The molecular weight excluding hydrogens is 218 g/mol. The molecular formula is C13H21NOS. The van der Waals surface area contributed by atoms with E-state index in [1.807, 2.05) is 13.8 Å². The molecule has 0 aliphatic rings. The Bertz CT molecular complexity index is 343. The molecule has 90 valence electrons. The standard InChI is InChI=1S/C13H21NOS/c1-5-14(4)9-12-7-6-11(16-12)8-13(15)10(2)3/h6-7,10H,5,8-9H2,1-4H3.